The molecule has 20 heavy (non-hydrogen) atoms. The van der Waals surface area contributed by atoms with Gasteiger partial charge in [0.15, 0.2) is 0 Å². The van der Waals surface area contributed by atoms with Crippen molar-refractivity contribution in [2.75, 3.05) is 20.1 Å². The molecule has 1 aromatic carbocycles. The van der Waals surface area contributed by atoms with Crippen LogP contribution in [0.2, 0.25) is 0 Å². The molecule has 0 spiro atoms. The van der Waals surface area contributed by atoms with Gasteiger partial charge in [-0.3, -0.25) is 0 Å². The quantitative estimate of drug-likeness (QED) is 0.857. The summed E-state index contributed by atoms with van der Waals surface area (Å²) in [6.07, 6.45) is 6.65. The van der Waals surface area contributed by atoms with E-state index in [4.69, 9.17) is 0 Å². The Morgan fingerprint density at radius 1 is 1.25 bits per heavy atom. The Labute approximate surface area is 121 Å². The van der Waals surface area contributed by atoms with E-state index in [1.165, 1.54) is 38.2 Å². The van der Waals surface area contributed by atoms with E-state index in [1.807, 2.05) is 0 Å². The molecular formula is C17H26FNO. The van der Waals surface area contributed by atoms with E-state index >= 15 is 0 Å². The lowest BCUT2D eigenvalue weighted by molar-refractivity contribution is 0.137. The Morgan fingerprint density at radius 2 is 1.95 bits per heavy atom. The summed E-state index contributed by atoms with van der Waals surface area (Å²) in [6, 6.07) is 6.50. The summed E-state index contributed by atoms with van der Waals surface area (Å²) in [5, 5.41) is 10.1. The van der Waals surface area contributed by atoms with E-state index in [9.17, 15) is 9.50 Å². The Morgan fingerprint density at radius 3 is 2.65 bits per heavy atom. The minimum absolute atomic E-state index is 0.310. The van der Waals surface area contributed by atoms with Crippen LogP contribution in [0.15, 0.2) is 24.3 Å². The van der Waals surface area contributed by atoms with Crippen molar-refractivity contribution in [1.82, 2.24) is 4.90 Å². The third kappa shape index (κ3) is 4.57. The van der Waals surface area contributed by atoms with Crippen LogP contribution < -0.4 is 0 Å². The van der Waals surface area contributed by atoms with Gasteiger partial charge in [0.25, 0.3) is 0 Å². The second kappa shape index (κ2) is 7.75. The summed E-state index contributed by atoms with van der Waals surface area (Å²) in [6.45, 7) is 1.91. The molecule has 1 unspecified atom stereocenters. The summed E-state index contributed by atoms with van der Waals surface area (Å²) in [7, 11) is 2.10. The van der Waals surface area contributed by atoms with Gasteiger partial charge in [0.1, 0.15) is 5.82 Å². The van der Waals surface area contributed by atoms with E-state index in [1.54, 1.807) is 18.2 Å². The molecule has 2 rings (SSSR count). The zero-order valence-corrected chi connectivity index (χ0v) is 12.4. The van der Waals surface area contributed by atoms with Gasteiger partial charge in [-0.15, -0.1) is 0 Å². The van der Waals surface area contributed by atoms with Gasteiger partial charge in [0.2, 0.25) is 0 Å². The molecule has 0 amide bonds. The monoisotopic (exact) mass is 279 g/mol. The molecule has 3 heteroatoms. The fraction of sp³-hybridized carbons (Fsp3) is 0.647. The number of nitrogens with zero attached hydrogens (tertiary/aromatic N) is 1. The number of rotatable bonds is 6. The van der Waals surface area contributed by atoms with Crippen molar-refractivity contribution in [1.29, 1.82) is 0 Å². The molecule has 1 fully saturated rings. The summed E-state index contributed by atoms with van der Waals surface area (Å²) < 4.78 is 13.6. The minimum Gasteiger partial charge on any atom is -0.388 e. The molecule has 0 saturated heterocycles. The molecule has 1 N–H and O–H groups in total. The molecule has 112 valence electrons. The SMILES string of the molecule is CN(CCC(O)c1ccccc1F)CC1CCCCC1. The molecule has 0 bridgehead atoms. The zero-order valence-electron chi connectivity index (χ0n) is 12.4. The largest absolute Gasteiger partial charge is 0.388 e. The van der Waals surface area contributed by atoms with Crippen molar-refractivity contribution in [2.24, 2.45) is 5.92 Å². The van der Waals surface area contributed by atoms with Crippen LogP contribution >= 0.6 is 0 Å². The van der Waals surface area contributed by atoms with Crippen molar-refractivity contribution in [3.05, 3.63) is 35.6 Å². The summed E-state index contributed by atoms with van der Waals surface area (Å²) in [4.78, 5) is 2.28. The number of aliphatic hydroxyl groups is 1. The fourth-order valence-corrected chi connectivity index (χ4v) is 3.15. The van der Waals surface area contributed by atoms with Crippen LogP contribution in [0.5, 0.6) is 0 Å². The van der Waals surface area contributed by atoms with Crippen molar-refractivity contribution < 1.29 is 9.50 Å². The lowest BCUT2D eigenvalue weighted by atomic mass is 9.89. The molecular weight excluding hydrogens is 253 g/mol. The normalized spacial score (nSPS) is 18.4. The molecule has 0 heterocycles. The molecule has 0 aromatic heterocycles. The molecule has 1 aromatic rings. The number of halogens is 1. The van der Waals surface area contributed by atoms with Crippen molar-refractivity contribution >= 4 is 0 Å². The van der Waals surface area contributed by atoms with Gasteiger partial charge in [0, 0.05) is 18.7 Å². The first-order valence-electron chi connectivity index (χ1n) is 7.78. The van der Waals surface area contributed by atoms with E-state index < -0.39 is 6.10 Å². The Hall–Kier alpha value is -0.930. The molecule has 2 nitrogen and oxygen atoms in total. The molecule has 1 aliphatic carbocycles. The van der Waals surface area contributed by atoms with Crippen LogP contribution in [0, 0.1) is 11.7 Å². The van der Waals surface area contributed by atoms with Gasteiger partial charge >= 0.3 is 0 Å². The van der Waals surface area contributed by atoms with Gasteiger partial charge in [-0.05, 0) is 38.3 Å². The maximum Gasteiger partial charge on any atom is 0.128 e. The summed E-state index contributed by atoms with van der Waals surface area (Å²) in [5.74, 6) is 0.495. The van der Waals surface area contributed by atoms with Crippen LogP contribution in [0.1, 0.15) is 50.2 Å². The Bertz CT molecular complexity index is 404. The highest BCUT2D eigenvalue weighted by Gasteiger charge is 2.17. The molecule has 1 aliphatic rings. The molecule has 0 radical (unpaired) electrons. The highest BCUT2D eigenvalue weighted by atomic mass is 19.1. The predicted octanol–water partition coefficient (Wildman–Crippen LogP) is 3.76. The maximum atomic E-state index is 13.6. The average Bonchev–Trinajstić information content (AvgIpc) is 2.46. The van der Waals surface area contributed by atoms with Gasteiger partial charge < -0.3 is 10.0 Å². The maximum absolute atomic E-state index is 13.6. The highest BCUT2D eigenvalue weighted by Crippen LogP contribution is 2.25. The Balaban J connectivity index is 1.75. The van der Waals surface area contributed by atoms with Crippen LogP contribution in [-0.2, 0) is 0 Å². The molecule has 1 atom stereocenters. The van der Waals surface area contributed by atoms with Crippen molar-refractivity contribution in [3.63, 3.8) is 0 Å². The van der Waals surface area contributed by atoms with Crippen LogP contribution in [-0.4, -0.2) is 30.1 Å². The molecule has 1 saturated carbocycles. The molecule has 0 aliphatic heterocycles. The number of hydrogen-bond acceptors (Lipinski definition) is 2. The third-order valence-corrected chi connectivity index (χ3v) is 4.34. The topological polar surface area (TPSA) is 23.5 Å². The van der Waals surface area contributed by atoms with E-state index in [0.717, 1.165) is 19.0 Å². The summed E-state index contributed by atoms with van der Waals surface area (Å²) in [5.41, 5.74) is 0.415. The third-order valence-electron chi connectivity index (χ3n) is 4.34. The first-order valence-corrected chi connectivity index (χ1v) is 7.78. The van der Waals surface area contributed by atoms with Crippen LogP contribution in [0.3, 0.4) is 0 Å². The van der Waals surface area contributed by atoms with Gasteiger partial charge in [0.05, 0.1) is 6.10 Å². The average molecular weight is 279 g/mol. The lowest BCUT2D eigenvalue weighted by Crippen LogP contribution is -2.28. The summed E-state index contributed by atoms with van der Waals surface area (Å²) >= 11 is 0. The first-order chi connectivity index (χ1) is 9.66. The van der Waals surface area contributed by atoms with E-state index in [0.29, 0.717) is 12.0 Å². The van der Waals surface area contributed by atoms with Gasteiger partial charge in [-0.25, -0.2) is 4.39 Å². The highest BCUT2D eigenvalue weighted by molar-refractivity contribution is 5.19. The second-order valence-electron chi connectivity index (χ2n) is 6.09. The predicted molar refractivity (Wildman–Crippen MR) is 80.0 cm³/mol. The first kappa shape index (κ1) is 15.5. The smallest absolute Gasteiger partial charge is 0.128 e. The lowest BCUT2D eigenvalue weighted by Gasteiger charge is -2.27. The number of aliphatic hydroxyl groups excluding tert-OH is 1. The van der Waals surface area contributed by atoms with Crippen LogP contribution in [0.25, 0.3) is 0 Å². The zero-order chi connectivity index (χ0) is 14.4. The fourth-order valence-electron chi connectivity index (χ4n) is 3.15. The van der Waals surface area contributed by atoms with Crippen molar-refractivity contribution in [2.45, 2.75) is 44.6 Å². The van der Waals surface area contributed by atoms with Crippen LogP contribution in [0.4, 0.5) is 4.39 Å². The number of benzene rings is 1. The minimum atomic E-state index is -0.704. The van der Waals surface area contributed by atoms with E-state index in [-0.39, 0.29) is 5.82 Å². The second-order valence-corrected chi connectivity index (χ2v) is 6.09. The van der Waals surface area contributed by atoms with Crippen molar-refractivity contribution in [3.8, 4) is 0 Å². The number of hydrogen-bond donors (Lipinski definition) is 1. The van der Waals surface area contributed by atoms with Gasteiger partial charge in [-0.2, -0.15) is 0 Å². The van der Waals surface area contributed by atoms with E-state index in [2.05, 4.69) is 11.9 Å². The Kier molecular flexibility index (Phi) is 5.99. The van der Waals surface area contributed by atoms with Gasteiger partial charge in [-0.1, -0.05) is 37.5 Å². The standard InChI is InChI=1S/C17H26FNO/c1-19(13-14-7-3-2-4-8-14)12-11-17(20)15-9-5-6-10-16(15)18/h5-6,9-10,14,17,20H,2-4,7-8,11-13H2,1H3.